The van der Waals surface area contributed by atoms with Gasteiger partial charge < -0.3 is 9.15 Å². The molecule has 0 aliphatic carbocycles. The van der Waals surface area contributed by atoms with Crippen LogP contribution < -0.4 is 4.31 Å². The zero-order valence-electron chi connectivity index (χ0n) is 15.2. The molecule has 7 nitrogen and oxygen atoms in total. The third-order valence-corrected chi connectivity index (χ3v) is 6.45. The number of halogens is 1. The summed E-state index contributed by atoms with van der Waals surface area (Å²) >= 11 is 3.25. The Bertz CT molecular complexity index is 1180. The van der Waals surface area contributed by atoms with Gasteiger partial charge >= 0.3 is 5.97 Å². The van der Waals surface area contributed by atoms with Crippen molar-refractivity contribution in [1.29, 1.82) is 0 Å². The number of methoxy groups -OCH3 is 1. The van der Waals surface area contributed by atoms with Crippen LogP contribution in [0.5, 0.6) is 0 Å². The number of furan rings is 1. The molecule has 9 heteroatoms. The summed E-state index contributed by atoms with van der Waals surface area (Å²) in [6.07, 6.45) is 0. The number of carbonyl (C=O) groups is 2. The lowest BCUT2D eigenvalue weighted by atomic mass is 10.1. The van der Waals surface area contributed by atoms with Gasteiger partial charge in [-0.25, -0.2) is 17.5 Å². The number of aryl methyl sites for hydroxylation is 1. The van der Waals surface area contributed by atoms with Crippen LogP contribution in [0.3, 0.4) is 0 Å². The van der Waals surface area contributed by atoms with Crippen molar-refractivity contribution in [3.8, 4) is 0 Å². The zero-order valence-corrected chi connectivity index (χ0v) is 17.6. The first-order valence-electron chi connectivity index (χ1n) is 8.09. The Kier molecular flexibility index (Phi) is 5.31. The van der Waals surface area contributed by atoms with Crippen LogP contribution in [0.2, 0.25) is 0 Å². The van der Waals surface area contributed by atoms with Crippen molar-refractivity contribution in [3.63, 3.8) is 0 Å². The fourth-order valence-electron chi connectivity index (χ4n) is 2.89. The smallest absolute Gasteiger partial charge is 0.342 e. The minimum atomic E-state index is -4.15. The minimum absolute atomic E-state index is 0.0393. The molecule has 3 rings (SSSR count). The van der Waals surface area contributed by atoms with E-state index in [1.165, 1.54) is 37.4 Å². The molecule has 0 aliphatic heterocycles. The second-order valence-corrected chi connectivity index (χ2v) is 8.65. The van der Waals surface area contributed by atoms with Gasteiger partial charge in [0.2, 0.25) is 5.91 Å². The number of ether oxygens (including phenoxy) is 1. The fourth-order valence-corrected chi connectivity index (χ4v) is 4.58. The third-order valence-electron chi connectivity index (χ3n) is 4.11. The first kappa shape index (κ1) is 20.1. The number of benzene rings is 2. The number of sulfonamides is 1. The highest BCUT2D eigenvalue weighted by Crippen LogP contribution is 2.32. The molecule has 1 heterocycles. The van der Waals surface area contributed by atoms with Crippen molar-refractivity contribution in [2.75, 3.05) is 11.4 Å². The SMILES string of the molecule is COC(=O)c1c(C)oc2ccc(N(C(C)=O)S(=O)(=O)c3ccc(Br)cc3)cc12. The lowest BCUT2D eigenvalue weighted by Gasteiger charge is -2.21. The number of hydrogen-bond donors (Lipinski definition) is 0. The number of anilines is 1. The largest absolute Gasteiger partial charge is 0.465 e. The van der Waals surface area contributed by atoms with E-state index >= 15 is 0 Å². The van der Waals surface area contributed by atoms with Crippen LogP contribution in [-0.4, -0.2) is 27.4 Å². The van der Waals surface area contributed by atoms with Gasteiger partial charge in [0.1, 0.15) is 16.9 Å². The van der Waals surface area contributed by atoms with Gasteiger partial charge in [-0.1, -0.05) is 15.9 Å². The molecule has 1 aromatic heterocycles. The van der Waals surface area contributed by atoms with Crippen LogP contribution in [0.15, 0.2) is 56.2 Å². The van der Waals surface area contributed by atoms with E-state index < -0.39 is 21.9 Å². The van der Waals surface area contributed by atoms with E-state index in [-0.39, 0.29) is 16.1 Å². The summed E-state index contributed by atoms with van der Waals surface area (Å²) in [5.41, 5.74) is 0.656. The number of carbonyl (C=O) groups excluding carboxylic acids is 2. The number of rotatable bonds is 4. The quantitative estimate of drug-likeness (QED) is 0.539. The lowest BCUT2D eigenvalue weighted by molar-refractivity contribution is -0.115. The van der Waals surface area contributed by atoms with Crippen molar-refractivity contribution in [1.82, 2.24) is 0 Å². The highest BCUT2D eigenvalue weighted by atomic mass is 79.9. The average Bonchev–Trinajstić information content (AvgIpc) is 2.96. The lowest BCUT2D eigenvalue weighted by Crippen LogP contribution is -2.35. The minimum Gasteiger partial charge on any atom is -0.465 e. The summed E-state index contributed by atoms with van der Waals surface area (Å²) in [6, 6.07) is 10.3. The number of nitrogens with zero attached hydrogens (tertiary/aromatic N) is 1. The van der Waals surface area contributed by atoms with Gasteiger partial charge in [-0.05, 0) is 49.4 Å². The Morgan fingerprint density at radius 1 is 1.11 bits per heavy atom. The van der Waals surface area contributed by atoms with Crippen LogP contribution in [0.1, 0.15) is 23.0 Å². The molecule has 1 amide bonds. The van der Waals surface area contributed by atoms with Crippen LogP contribution in [-0.2, 0) is 19.6 Å². The van der Waals surface area contributed by atoms with Crippen molar-refractivity contribution in [2.45, 2.75) is 18.7 Å². The van der Waals surface area contributed by atoms with Crippen LogP contribution in [0, 0.1) is 6.92 Å². The molecule has 0 bridgehead atoms. The fraction of sp³-hybridized carbons (Fsp3) is 0.158. The molecule has 2 aromatic carbocycles. The van der Waals surface area contributed by atoms with Crippen molar-refractivity contribution in [3.05, 3.63) is 58.3 Å². The molecule has 0 atom stereocenters. The second-order valence-electron chi connectivity index (χ2n) is 5.95. The maximum Gasteiger partial charge on any atom is 0.342 e. The Hall–Kier alpha value is -2.65. The van der Waals surface area contributed by atoms with Crippen LogP contribution >= 0.6 is 15.9 Å². The van der Waals surface area contributed by atoms with E-state index in [9.17, 15) is 18.0 Å². The molecular weight excluding hydrogens is 450 g/mol. The summed E-state index contributed by atoms with van der Waals surface area (Å²) in [6.45, 7) is 2.76. The highest BCUT2D eigenvalue weighted by Gasteiger charge is 2.30. The predicted octanol–water partition coefficient (Wildman–Crippen LogP) is 4.03. The molecule has 3 aromatic rings. The van der Waals surface area contributed by atoms with Gasteiger partial charge in [-0.3, -0.25) is 4.79 Å². The Balaban J connectivity index is 2.20. The van der Waals surface area contributed by atoms with Crippen molar-refractivity contribution >= 4 is 54.5 Å². The summed E-state index contributed by atoms with van der Waals surface area (Å²) in [7, 11) is -2.91. The first-order valence-corrected chi connectivity index (χ1v) is 10.3. The van der Waals surface area contributed by atoms with E-state index in [0.29, 0.717) is 25.5 Å². The molecule has 0 radical (unpaired) electrons. The van der Waals surface area contributed by atoms with Gasteiger partial charge in [-0.15, -0.1) is 0 Å². The van der Waals surface area contributed by atoms with E-state index in [1.54, 1.807) is 19.1 Å². The molecule has 0 fully saturated rings. The Morgan fingerprint density at radius 2 is 1.75 bits per heavy atom. The molecule has 28 heavy (non-hydrogen) atoms. The number of esters is 1. The van der Waals surface area contributed by atoms with Gasteiger partial charge in [0.05, 0.1) is 17.7 Å². The molecule has 0 saturated carbocycles. The van der Waals surface area contributed by atoms with Gasteiger partial charge in [0.25, 0.3) is 10.0 Å². The van der Waals surface area contributed by atoms with Crippen LogP contribution in [0.25, 0.3) is 11.0 Å². The first-order chi connectivity index (χ1) is 13.2. The molecule has 0 N–H and O–H groups in total. The molecular formula is C19H16BrNO6S. The maximum atomic E-state index is 13.1. The highest BCUT2D eigenvalue weighted by molar-refractivity contribution is 9.10. The van der Waals surface area contributed by atoms with E-state index in [0.717, 1.165) is 6.92 Å². The number of amides is 1. The predicted molar refractivity (Wildman–Crippen MR) is 107 cm³/mol. The molecule has 146 valence electrons. The Morgan fingerprint density at radius 3 is 2.32 bits per heavy atom. The number of fused-ring (bicyclic) bond motifs is 1. The molecule has 0 aliphatic rings. The van der Waals surface area contributed by atoms with Crippen molar-refractivity contribution < 1.29 is 27.2 Å². The molecule has 0 saturated heterocycles. The normalized spacial score (nSPS) is 11.4. The second kappa shape index (κ2) is 7.40. The standard InChI is InChI=1S/C19H16BrNO6S/c1-11-18(19(23)26-3)16-10-14(6-9-17(16)27-11)21(12(2)22)28(24,25)15-7-4-13(20)5-8-15/h4-10H,1-3H3. The summed E-state index contributed by atoms with van der Waals surface area (Å²) in [5.74, 6) is -0.968. The molecule has 0 unspecified atom stereocenters. The van der Waals surface area contributed by atoms with Gasteiger partial charge in [0.15, 0.2) is 0 Å². The summed E-state index contributed by atoms with van der Waals surface area (Å²) in [5, 5.41) is 0.360. The average molecular weight is 466 g/mol. The monoisotopic (exact) mass is 465 g/mol. The summed E-state index contributed by atoms with van der Waals surface area (Å²) in [4.78, 5) is 24.3. The zero-order chi connectivity index (χ0) is 20.6. The van der Waals surface area contributed by atoms with E-state index in [4.69, 9.17) is 9.15 Å². The summed E-state index contributed by atoms with van der Waals surface area (Å²) < 4.78 is 37.9. The van der Waals surface area contributed by atoms with Crippen molar-refractivity contribution in [2.24, 2.45) is 0 Å². The number of hydrogen-bond acceptors (Lipinski definition) is 6. The van der Waals surface area contributed by atoms with Gasteiger partial charge in [0, 0.05) is 16.8 Å². The Labute approximate surface area is 170 Å². The van der Waals surface area contributed by atoms with Gasteiger partial charge in [-0.2, -0.15) is 0 Å². The maximum absolute atomic E-state index is 13.1. The topological polar surface area (TPSA) is 93.9 Å². The molecule has 0 spiro atoms. The third kappa shape index (κ3) is 3.43. The van der Waals surface area contributed by atoms with Crippen LogP contribution in [0.4, 0.5) is 5.69 Å². The van der Waals surface area contributed by atoms with E-state index in [2.05, 4.69) is 15.9 Å². The van der Waals surface area contributed by atoms with E-state index in [1.807, 2.05) is 0 Å².